The van der Waals surface area contributed by atoms with Crippen LogP contribution in [-0.4, -0.2) is 0 Å². The van der Waals surface area contributed by atoms with Crippen LogP contribution in [0.25, 0.3) is 0 Å². The molecule has 0 aromatic heterocycles. The topological polar surface area (TPSA) is 0 Å². The van der Waals surface area contributed by atoms with Crippen molar-refractivity contribution in [3.63, 3.8) is 0 Å². The van der Waals surface area contributed by atoms with Gasteiger partial charge in [-0.1, -0.05) is 208 Å². The van der Waals surface area contributed by atoms with Gasteiger partial charge in [0, 0.05) is 0 Å². The predicted octanol–water partition coefficient (Wildman–Crippen LogP) is 17.1. The van der Waals surface area contributed by atoms with Crippen molar-refractivity contribution in [2.24, 2.45) is 28.6 Å². The van der Waals surface area contributed by atoms with Crippen LogP contribution in [0, 0.1) is 28.6 Å². The number of unbranched alkanes of at least 4 members (excludes halogenated alkanes) is 8. The van der Waals surface area contributed by atoms with Crippen molar-refractivity contribution >= 4 is 0 Å². The molecular weight excluding hydrogens is 553 g/mol. The Hall–Kier alpha value is -1.04. The highest BCUT2D eigenvalue weighted by molar-refractivity contribution is 5.33. The molecule has 46 heavy (non-hydrogen) atoms. The Kier molecular flexibility index (Phi) is 32.2. The van der Waals surface area contributed by atoms with E-state index in [2.05, 4.69) is 122 Å². The molecule has 1 aliphatic carbocycles. The molecule has 274 valence electrons. The lowest BCUT2D eigenvalue weighted by Gasteiger charge is -2.17. The Balaban J connectivity index is -0.000000639. The minimum absolute atomic E-state index is 0.512. The van der Waals surface area contributed by atoms with Gasteiger partial charge in [0.15, 0.2) is 0 Å². The molecule has 3 unspecified atom stereocenters. The van der Waals surface area contributed by atoms with Crippen LogP contribution in [0.15, 0.2) is 47.1 Å². The molecule has 3 atom stereocenters. The summed E-state index contributed by atoms with van der Waals surface area (Å²) in [6.45, 7) is 40.0. The van der Waals surface area contributed by atoms with E-state index in [9.17, 15) is 0 Å². The first-order valence-corrected chi connectivity index (χ1v) is 20.1. The van der Waals surface area contributed by atoms with Gasteiger partial charge in [-0.15, -0.1) is 0 Å². The third-order valence-corrected chi connectivity index (χ3v) is 9.28. The molecule has 0 spiro atoms. The van der Waals surface area contributed by atoms with E-state index in [4.69, 9.17) is 0 Å². The Morgan fingerprint density at radius 1 is 0.783 bits per heavy atom. The normalized spacial score (nSPS) is 16.1. The monoisotopic (exact) mass is 643 g/mol. The molecule has 0 radical (unpaired) electrons. The summed E-state index contributed by atoms with van der Waals surface area (Å²) in [6.07, 6.45) is 30.5. The van der Waals surface area contributed by atoms with Gasteiger partial charge in [0.05, 0.1) is 0 Å². The van der Waals surface area contributed by atoms with Crippen molar-refractivity contribution in [2.45, 2.75) is 220 Å². The lowest BCUT2D eigenvalue weighted by atomic mass is 9.89. The van der Waals surface area contributed by atoms with Gasteiger partial charge >= 0.3 is 0 Å². The maximum Gasteiger partial charge on any atom is -0.00454 e. The molecule has 1 aliphatic rings. The fourth-order valence-electron chi connectivity index (χ4n) is 5.53. The van der Waals surface area contributed by atoms with Crippen molar-refractivity contribution in [2.75, 3.05) is 0 Å². The van der Waals surface area contributed by atoms with Gasteiger partial charge in [-0.25, -0.2) is 0 Å². The molecule has 1 rings (SSSR count). The molecule has 0 amide bonds. The summed E-state index contributed by atoms with van der Waals surface area (Å²) >= 11 is 0. The highest BCUT2D eigenvalue weighted by Gasteiger charge is 2.11. The van der Waals surface area contributed by atoms with Crippen LogP contribution in [0.2, 0.25) is 0 Å². The molecule has 0 fully saturated rings. The van der Waals surface area contributed by atoms with Crippen molar-refractivity contribution < 1.29 is 0 Å². The van der Waals surface area contributed by atoms with Gasteiger partial charge in [-0.2, -0.15) is 0 Å². The summed E-state index contributed by atoms with van der Waals surface area (Å²) < 4.78 is 0. The molecule has 0 saturated carbocycles. The van der Waals surface area contributed by atoms with E-state index in [0.717, 1.165) is 5.92 Å². The molecule has 0 saturated heterocycles. The van der Waals surface area contributed by atoms with Gasteiger partial charge in [-0.05, 0) is 87.9 Å². The third-order valence-electron chi connectivity index (χ3n) is 9.28. The molecule has 0 aromatic carbocycles. The van der Waals surface area contributed by atoms with E-state index in [1.807, 2.05) is 13.8 Å². The second-order valence-corrected chi connectivity index (χ2v) is 17.0. The van der Waals surface area contributed by atoms with E-state index in [-0.39, 0.29) is 0 Å². The van der Waals surface area contributed by atoms with Gasteiger partial charge in [0.2, 0.25) is 0 Å². The molecule has 0 aliphatic heterocycles. The van der Waals surface area contributed by atoms with E-state index >= 15 is 0 Å². The number of allylic oxidation sites excluding steroid dienone is 7. The molecule has 0 nitrogen and oxygen atoms in total. The number of rotatable bonds is 19. The molecule has 0 aromatic rings. The molecular formula is C46H90. The highest BCUT2D eigenvalue weighted by atomic mass is 14.2. The standard InChI is InChI=1S/C19H36.C18H32.C7H16.C2H6/c1-16(2)18(4)15-17(3)13-11-9-8-10-12-14-19(5,6)7;1-15-13-17(14-16(15)2)11-9-7-6-8-10-12-18(3,4)5;1-4-6-7(3)5-2;1-2/h15,18H,1,8-14H2,2-7H3;13-15H,6-12H2,1-5H3;7H,4-6H2,1-3H3;1-2H3/b17-15+;;;. The minimum Gasteiger partial charge on any atom is -0.0996 e. The summed E-state index contributed by atoms with van der Waals surface area (Å²) in [5.41, 5.74) is 6.95. The van der Waals surface area contributed by atoms with Crippen LogP contribution in [0.1, 0.15) is 220 Å². The van der Waals surface area contributed by atoms with Gasteiger partial charge in [0.25, 0.3) is 0 Å². The maximum atomic E-state index is 4.01. The lowest BCUT2D eigenvalue weighted by Crippen LogP contribution is -2.03. The fourth-order valence-corrected chi connectivity index (χ4v) is 5.53. The Bertz CT molecular complexity index is 787. The number of hydrogen-bond donors (Lipinski definition) is 0. The van der Waals surface area contributed by atoms with E-state index in [1.54, 1.807) is 5.57 Å². The quantitative estimate of drug-likeness (QED) is 0.0971. The van der Waals surface area contributed by atoms with Crippen molar-refractivity contribution in [1.29, 1.82) is 0 Å². The van der Waals surface area contributed by atoms with Crippen LogP contribution < -0.4 is 0 Å². The summed E-state index contributed by atoms with van der Waals surface area (Å²) in [6, 6.07) is 0. The van der Waals surface area contributed by atoms with Crippen LogP contribution in [0.4, 0.5) is 0 Å². The molecule has 0 bridgehead atoms. The van der Waals surface area contributed by atoms with E-state index in [1.165, 1.54) is 126 Å². The highest BCUT2D eigenvalue weighted by Crippen LogP contribution is 2.27. The van der Waals surface area contributed by atoms with Crippen LogP contribution >= 0.6 is 0 Å². The molecule has 0 heterocycles. The Labute approximate surface area is 294 Å². The summed E-state index contributed by atoms with van der Waals surface area (Å²) in [7, 11) is 0. The number of hydrogen-bond acceptors (Lipinski definition) is 0. The maximum absolute atomic E-state index is 4.01. The third kappa shape index (κ3) is 35.8. The van der Waals surface area contributed by atoms with E-state index < -0.39 is 0 Å². The predicted molar refractivity (Wildman–Crippen MR) is 218 cm³/mol. The summed E-state index contributed by atoms with van der Waals surface area (Å²) in [5, 5.41) is 0. The first-order valence-electron chi connectivity index (χ1n) is 20.1. The van der Waals surface area contributed by atoms with Crippen molar-refractivity contribution in [3.05, 3.63) is 47.1 Å². The van der Waals surface area contributed by atoms with E-state index in [0.29, 0.717) is 22.7 Å². The first-order chi connectivity index (χ1) is 21.4. The van der Waals surface area contributed by atoms with Gasteiger partial charge in [-0.3, -0.25) is 0 Å². The van der Waals surface area contributed by atoms with Crippen LogP contribution in [0.3, 0.4) is 0 Å². The van der Waals surface area contributed by atoms with Crippen LogP contribution in [-0.2, 0) is 0 Å². The summed E-state index contributed by atoms with van der Waals surface area (Å²) in [5.74, 6) is 2.17. The van der Waals surface area contributed by atoms with Crippen LogP contribution in [0.5, 0.6) is 0 Å². The average molecular weight is 643 g/mol. The van der Waals surface area contributed by atoms with Crippen molar-refractivity contribution in [3.8, 4) is 0 Å². The summed E-state index contributed by atoms with van der Waals surface area (Å²) in [4.78, 5) is 0. The smallest absolute Gasteiger partial charge is 0.00454 e. The lowest BCUT2D eigenvalue weighted by molar-refractivity contribution is 0.356. The van der Waals surface area contributed by atoms with Gasteiger partial charge < -0.3 is 0 Å². The zero-order valence-electron chi connectivity index (χ0n) is 35.2. The SMILES string of the molecule is C=C(C)C(C)/C=C(\C)CCCCCCCC(C)(C)C.CC.CC1=CC(CCCCCCCC(C)(C)C)=CC1C.CCCC(C)CC. The Morgan fingerprint density at radius 3 is 1.61 bits per heavy atom. The first kappa shape index (κ1) is 49.3. The minimum atomic E-state index is 0.512. The molecule has 0 heteroatoms. The zero-order valence-corrected chi connectivity index (χ0v) is 35.2. The second-order valence-electron chi connectivity index (χ2n) is 17.0. The fraction of sp³-hybridized carbons (Fsp3) is 0.826. The Morgan fingerprint density at radius 2 is 1.24 bits per heavy atom. The molecule has 0 N–H and O–H groups in total. The van der Waals surface area contributed by atoms with Gasteiger partial charge in [0.1, 0.15) is 0 Å². The van der Waals surface area contributed by atoms with Crippen molar-refractivity contribution in [1.82, 2.24) is 0 Å². The zero-order chi connectivity index (χ0) is 36.2. The average Bonchev–Trinajstić information content (AvgIpc) is 3.29. The largest absolute Gasteiger partial charge is 0.0996 e. The second kappa shape index (κ2) is 30.1.